The number of morpholine rings is 1. The Bertz CT molecular complexity index is 884. The lowest BCUT2D eigenvalue weighted by molar-refractivity contribution is -0.384. The molecule has 3 rings (SSSR count). The molecule has 0 aromatic heterocycles. The summed E-state index contributed by atoms with van der Waals surface area (Å²) in [6.45, 7) is 3.35. The number of ether oxygens (including phenoxy) is 1. The summed E-state index contributed by atoms with van der Waals surface area (Å²) in [6.07, 6.45) is 0. The van der Waals surface area contributed by atoms with Crippen LogP contribution in [0, 0.1) is 10.1 Å². The molecule has 28 heavy (non-hydrogen) atoms. The quantitative estimate of drug-likeness (QED) is 0.520. The zero-order valence-electron chi connectivity index (χ0n) is 15.4. The lowest BCUT2D eigenvalue weighted by atomic mass is 10.1. The van der Waals surface area contributed by atoms with Gasteiger partial charge in [-0.2, -0.15) is 0 Å². The van der Waals surface area contributed by atoms with Crippen LogP contribution >= 0.6 is 15.9 Å². The first kappa shape index (κ1) is 20.1. The van der Waals surface area contributed by atoms with Crippen LogP contribution in [0.3, 0.4) is 0 Å². The van der Waals surface area contributed by atoms with Gasteiger partial charge in [0.05, 0.1) is 18.1 Å². The number of nitro groups is 1. The van der Waals surface area contributed by atoms with Crippen LogP contribution in [0.2, 0.25) is 0 Å². The Kier molecular flexibility index (Phi) is 6.48. The maximum atomic E-state index is 11.8. The highest BCUT2D eigenvalue weighted by Crippen LogP contribution is 2.30. The average Bonchev–Trinajstić information content (AvgIpc) is 2.72. The SMILES string of the molecule is CNC(=O)c1ccc(NCc2ccc(Br)cc2N2CCOCC2)c([N+](=O)[O-])c1. The number of carbonyl (C=O) groups excluding carboxylic acids is 1. The van der Waals surface area contributed by atoms with Crippen LogP contribution in [0.15, 0.2) is 40.9 Å². The second-order valence-corrected chi connectivity index (χ2v) is 7.21. The van der Waals surface area contributed by atoms with Gasteiger partial charge in [-0.25, -0.2) is 0 Å². The Morgan fingerprint density at radius 2 is 2.00 bits per heavy atom. The van der Waals surface area contributed by atoms with Gasteiger partial charge in [0.1, 0.15) is 5.69 Å². The molecule has 1 saturated heterocycles. The fourth-order valence-electron chi connectivity index (χ4n) is 3.09. The van der Waals surface area contributed by atoms with Gasteiger partial charge in [-0.3, -0.25) is 14.9 Å². The molecule has 1 aliphatic rings. The molecule has 8 nitrogen and oxygen atoms in total. The molecular formula is C19H21BrN4O4. The van der Waals surface area contributed by atoms with E-state index in [1.807, 2.05) is 18.2 Å². The molecule has 9 heteroatoms. The Morgan fingerprint density at radius 1 is 1.25 bits per heavy atom. The van der Waals surface area contributed by atoms with E-state index in [-0.39, 0.29) is 17.2 Å². The maximum absolute atomic E-state index is 11.8. The Morgan fingerprint density at radius 3 is 2.68 bits per heavy atom. The number of halogens is 1. The third-order valence-electron chi connectivity index (χ3n) is 4.55. The van der Waals surface area contributed by atoms with Gasteiger partial charge >= 0.3 is 0 Å². The summed E-state index contributed by atoms with van der Waals surface area (Å²) in [5.41, 5.74) is 2.57. The van der Waals surface area contributed by atoms with E-state index in [4.69, 9.17) is 4.74 Å². The first-order valence-electron chi connectivity index (χ1n) is 8.85. The van der Waals surface area contributed by atoms with Crippen molar-refractivity contribution in [2.45, 2.75) is 6.54 Å². The lowest BCUT2D eigenvalue weighted by Crippen LogP contribution is -2.36. The monoisotopic (exact) mass is 448 g/mol. The molecule has 0 atom stereocenters. The number of amides is 1. The van der Waals surface area contributed by atoms with Gasteiger partial charge in [0.25, 0.3) is 11.6 Å². The molecule has 2 aromatic rings. The van der Waals surface area contributed by atoms with Crippen LogP contribution < -0.4 is 15.5 Å². The number of nitrogens with zero attached hydrogens (tertiary/aromatic N) is 2. The molecule has 0 saturated carbocycles. The van der Waals surface area contributed by atoms with Gasteiger partial charge in [0.2, 0.25) is 0 Å². The molecule has 148 valence electrons. The van der Waals surface area contributed by atoms with Crippen LogP contribution in [0.25, 0.3) is 0 Å². The zero-order chi connectivity index (χ0) is 20.1. The number of hydrogen-bond donors (Lipinski definition) is 2. The van der Waals surface area contributed by atoms with Crippen molar-refractivity contribution in [1.82, 2.24) is 5.32 Å². The summed E-state index contributed by atoms with van der Waals surface area (Å²) in [7, 11) is 1.49. The van der Waals surface area contributed by atoms with Gasteiger partial charge < -0.3 is 20.3 Å². The fraction of sp³-hybridized carbons (Fsp3) is 0.316. The number of anilines is 2. The van der Waals surface area contributed by atoms with E-state index >= 15 is 0 Å². The minimum atomic E-state index is -0.487. The average molecular weight is 449 g/mol. The van der Waals surface area contributed by atoms with Gasteiger partial charge in [0.15, 0.2) is 0 Å². The van der Waals surface area contributed by atoms with E-state index in [1.165, 1.54) is 13.1 Å². The van der Waals surface area contributed by atoms with Crippen molar-refractivity contribution in [2.75, 3.05) is 43.6 Å². The number of carbonyl (C=O) groups is 1. The summed E-state index contributed by atoms with van der Waals surface area (Å²) in [5.74, 6) is -0.364. The van der Waals surface area contributed by atoms with E-state index in [2.05, 4.69) is 31.5 Å². The molecule has 1 amide bonds. The lowest BCUT2D eigenvalue weighted by Gasteiger charge is -2.31. The van der Waals surface area contributed by atoms with Crippen LogP contribution in [0.4, 0.5) is 17.1 Å². The van der Waals surface area contributed by atoms with E-state index in [0.29, 0.717) is 25.4 Å². The molecule has 0 spiro atoms. The van der Waals surface area contributed by atoms with Crippen LogP contribution in [-0.2, 0) is 11.3 Å². The number of nitrogens with one attached hydrogen (secondary N) is 2. The number of hydrogen-bond acceptors (Lipinski definition) is 6. The fourth-order valence-corrected chi connectivity index (χ4v) is 3.44. The van der Waals surface area contributed by atoms with Crippen molar-refractivity contribution in [3.05, 3.63) is 62.1 Å². The highest BCUT2D eigenvalue weighted by Gasteiger charge is 2.19. The van der Waals surface area contributed by atoms with E-state index in [9.17, 15) is 14.9 Å². The highest BCUT2D eigenvalue weighted by molar-refractivity contribution is 9.10. The predicted octanol–water partition coefficient (Wildman–Crippen LogP) is 3.17. The summed E-state index contributed by atoms with van der Waals surface area (Å²) in [5, 5.41) is 17.1. The van der Waals surface area contributed by atoms with E-state index in [1.54, 1.807) is 12.1 Å². The van der Waals surface area contributed by atoms with Gasteiger partial charge in [-0.15, -0.1) is 0 Å². The topological polar surface area (TPSA) is 96.7 Å². The Labute approximate surface area is 171 Å². The smallest absolute Gasteiger partial charge is 0.293 e. The number of benzene rings is 2. The summed E-state index contributed by atoms with van der Waals surface area (Å²) < 4.78 is 6.40. The Balaban J connectivity index is 1.84. The first-order valence-corrected chi connectivity index (χ1v) is 9.64. The molecule has 2 N–H and O–H groups in total. The van der Waals surface area contributed by atoms with Crippen LogP contribution in [-0.4, -0.2) is 44.2 Å². The van der Waals surface area contributed by atoms with Gasteiger partial charge in [-0.1, -0.05) is 22.0 Å². The van der Waals surface area contributed by atoms with Gasteiger partial charge in [0, 0.05) is 48.5 Å². The maximum Gasteiger partial charge on any atom is 0.293 e. The van der Waals surface area contributed by atoms with E-state index in [0.717, 1.165) is 28.8 Å². The van der Waals surface area contributed by atoms with Crippen LogP contribution in [0.5, 0.6) is 0 Å². The molecule has 1 aliphatic heterocycles. The summed E-state index contributed by atoms with van der Waals surface area (Å²) in [6, 6.07) is 10.4. The van der Waals surface area contributed by atoms with Crippen molar-refractivity contribution in [1.29, 1.82) is 0 Å². The minimum Gasteiger partial charge on any atom is -0.378 e. The molecule has 0 unspecified atom stereocenters. The molecule has 0 radical (unpaired) electrons. The van der Waals surface area contributed by atoms with Crippen molar-refractivity contribution >= 4 is 38.9 Å². The molecule has 0 aliphatic carbocycles. The van der Waals surface area contributed by atoms with Crippen LogP contribution in [0.1, 0.15) is 15.9 Å². The normalized spacial score (nSPS) is 13.9. The molecule has 1 heterocycles. The standard InChI is InChI=1S/C19H21BrN4O4/c1-21-19(25)13-3-5-16(18(10-13)24(26)27)22-12-14-2-4-15(20)11-17(14)23-6-8-28-9-7-23/h2-5,10-11,22H,6-9,12H2,1H3,(H,21,25). The second kappa shape index (κ2) is 9.03. The summed E-state index contributed by atoms with van der Waals surface area (Å²) in [4.78, 5) is 25.0. The minimum absolute atomic E-state index is 0.133. The van der Waals surface area contributed by atoms with E-state index < -0.39 is 4.92 Å². The number of rotatable bonds is 6. The third kappa shape index (κ3) is 4.60. The second-order valence-electron chi connectivity index (χ2n) is 6.29. The predicted molar refractivity (Wildman–Crippen MR) is 111 cm³/mol. The first-order chi connectivity index (χ1) is 13.5. The molecule has 0 bridgehead atoms. The Hall–Kier alpha value is -2.65. The van der Waals surface area contributed by atoms with Crippen molar-refractivity contribution < 1.29 is 14.5 Å². The highest BCUT2D eigenvalue weighted by atomic mass is 79.9. The van der Waals surface area contributed by atoms with Crippen molar-refractivity contribution in [3.8, 4) is 0 Å². The number of nitro benzene ring substituents is 1. The van der Waals surface area contributed by atoms with Crippen molar-refractivity contribution in [2.24, 2.45) is 0 Å². The third-order valence-corrected chi connectivity index (χ3v) is 5.05. The molecule has 2 aromatic carbocycles. The largest absolute Gasteiger partial charge is 0.378 e. The van der Waals surface area contributed by atoms with Crippen molar-refractivity contribution in [3.63, 3.8) is 0 Å². The molecule has 1 fully saturated rings. The molecular weight excluding hydrogens is 428 g/mol. The summed E-state index contributed by atoms with van der Waals surface area (Å²) >= 11 is 3.51. The van der Waals surface area contributed by atoms with Gasteiger partial charge in [-0.05, 0) is 29.8 Å². The zero-order valence-corrected chi connectivity index (χ0v) is 17.0.